The number of carboxylic acid groups (broad SMARTS) is 1. The molecule has 0 saturated heterocycles. The van der Waals surface area contributed by atoms with E-state index >= 15 is 0 Å². The standard InChI is InChI=1S/C15H23NO2/c1-12-7-5-6-8-13(12)9-10-16(4)11-15(2,3)14(17)18/h5-8H,9-11H2,1-4H3,(H,17,18). The zero-order valence-corrected chi connectivity index (χ0v) is 11.7. The van der Waals surface area contributed by atoms with E-state index in [2.05, 4.69) is 24.0 Å². The van der Waals surface area contributed by atoms with E-state index in [-0.39, 0.29) is 0 Å². The first-order valence-corrected chi connectivity index (χ1v) is 6.29. The third kappa shape index (κ3) is 4.15. The van der Waals surface area contributed by atoms with E-state index in [4.69, 9.17) is 5.11 Å². The van der Waals surface area contributed by atoms with Crippen molar-refractivity contribution in [1.82, 2.24) is 4.90 Å². The molecule has 0 heterocycles. The molecular formula is C15H23NO2. The minimum atomic E-state index is -0.745. The lowest BCUT2D eigenvalue weighted by Crippen LogP contribution is -2.38. The summed E-state index contributed by atoms with van der Waals surface area (Å²) in [5.74, 6) is -0.745. The first-order valence-electron chi connectivity index (χ1n) is 6.29. The average molecular weight is 249 g/mol. The normalized spacial score (nSPS) is 11.8. The van der Waals surface area contributed by atoms with Crippen molar-refractivity contribution in [2.75, 3.05) is 20.1 Å². The Hall–Kier alpha value is -1.35. The summed E-state index contributed by atoms with van der Waals surface area (Å²) < 4.78 is 0. The molecule has 0 spiro atoms. The molecule has 0 aromatic heterocycles. The molecule has 0 aliphatic rings. The largest absolute Gasteiger partial charge is 0.481 e. The molecule has 3 heteroatoms. The summed E-state index contributed by atoms with van der Waals surface area (Å²) in [5.41, 5.74) is 1.93. The lowest BCUT2D eigenvalue weighted by Gasteiger charge is -2.26. The molecule has 1 aromatic carbocycles. The smallest absolute Gasteiger partial charge is 0.310 e. The van der Waals surface area contributed by atoms with Gasteiger partial charge in [-0.2, -0.15) is 0 Å². The topological polar surface area (TPSA) is 40.5 Å². The van der Waals surface area contributed by atoms with E-state index in [1.54, 1.807) is 13.8 Å². The average Bonchev–Trinajstić information content (AvgIpc) is 2.27. The fourth-order valence-electron chi connectivity index (χ4n) is 2.02. The summed E-state index contributed by atoms with van der Waals surface area (Å²) in [5, 5.41) is 9.09. The van der Waals surface area contributed by atoms with Gasteiger partial charge in [0.25, 0.3) is 0 Å². The maximum absolute atomic E-state index is 11.1. The molecule has 1 N–H and O–H groups in total. The highest BCUT2D eigenvalue weighted by atomic mass is 16.4. The maximum Gasteiger partial charge on any atom is 0.310 e. The Kier molecular flexibility index (Phi) is 4.91. The quantitative estimate of drug-likeness (QED) is 0.842. The maximum atomic E-state index is 11.1. The van der Waals surface area contributed by atoms with Crippen LogP contribution < -0.4 is 0 Å². The zero-order valence-electron chi connectivity index (χ0n) is 11.7. The summed E-state index contributed by atoms with van der Waals surface area (Å²) in [6, 6.07) is 8.32. The molecule has 0 bridgehead atoms. The van der Waals surface area contributed by atoms with Gasteiger partial charge in [-0.05, 0) is 45.4 Å². The number of benzene rings is 1. The van der Waals surface area contributed by atoms with Crippen molar-refractivity contribution >= 4 is 5.97 Å². The third-order valence-electron chi connectivity index (χ3n) is 3.27. The van der Waals surface area contributed by atoms with Gasteiger partial charge in [0, 0.05) is 13.1 Å². The van der Waals surface area contributed by atoms with E-state index in [0.717, 1.165) is 13.0 Å². The van der Waals surface area contributed by atoms with Crippen molar-refractivity contribution < 1.29 is 9.90 Å². The van der Waals surface area contributed by atoms with Crippen LogP contribution in [0.25, 0.3) is 0 Å². The van der Waals surface area contributed by atoms with E-state index in [0.29, 0.717) is 6.54 Å². The number of hydrogen-bond acceptors (Lipinski definition) is 2. The molecule has 0 atom stereocenters. The molecule has 18 heavy (non-hydrogen) atoms. The molecule has 0 amide bonds. The van der Waals surface area contributed by atoms with E-state index in [1.165, 1.54) is 11.1 Å². The fourth-order valence-corrected chi connectivity index (χ4v) is 2.02. The summed E-state index contributed by atoms with van der Waals surface area (Å²) in [6.07, 6.45) is 0.957. The highest BCUT2D eigenvalue weighted by molar-refractivity contribution is 5.73. The van der Waals surface area contributed by atoms with Gasteiger partial charge in [0.2, 0.25) is 0 Å². The molecule has 0 radical (unpaired) electrons. The van der Waals surface area contributed by atoms with Gasteiger partial charge >= 0.3 is 5.97 Å². The Balaban J connectivity index is 2.50. The van der Waals surface area contributed by atoms with E-state index in [1.807, 2.05) is 19.2 Å². The molecule has 100 valence electrons. The minimum absolute atomic E-state index is 0.564. The van der Waals surface area contributed by atoms with E-state index in [9.17, 15) is 4.79 Å². The number of carbonyl (C=O) groups is 1. The molecular weight excluding hydrogens is 226 g/mol. The molecule has 0 unspecified atom stereocenters. The summed E-state index contributed by atoms with van der Waals surface area (Å²) in [7, 11) is 1.98. The Morgan fingerprint density at radius 1 is 1.33 bits per heavy atom. The lowest BCUT2D eigenvalue weighted by atomic mass is 9.93. The molecule has 1 aromatic rings. The van der Waals surface area contributed by atoms with Crippen LogP contribution in [-0.2, 0) is 11.2 Å². The molecule has 0 fully saturated rings. The van der Waals surface area contributed by atoms with Crippen molar-refractivity contribution in [3.63, 3.8) is 0 Å². The monoisotopic (exact) mass is 249 g/mol. The third-order valence-corrected chi connectivity index (χ3v) is 3.27. The number of aliphatic carboxylic acids is 1. The van der Waals surface area contributed by atoms with Gasteiger partial charge in [0.05, 0.1) is 5.41 Å². The van der Waals surface area contributed by atoms with Crippen molar-refractivity contribution in [2.24, 2.45) is 5.41 Å². The summed E-state index contributed by atoms with van der Waals surface area (Å²) >= 11 is 0. The lowest BCUT2D eigenvalue weighted by molar-refractivity contribution is -0.147. The van der Waals surface area contributed by atoms with Gasteiger partial charge in [-0.3, -0.25) is 4.79 Å². The van der Waals surface area contributed by atoms with Crippen LogP contribution in [0.5, 0.6) is 0 Å². The van der Waals surface area contributed by atoms with Crippen molar-refractivity contribution in [2.45, 2.75) is 27.2 Å². The molecule has 1 rings (SSSR count). The van der Waals surface area contributed by atoms with E-state index < -0.39 is 11.4 Å². The van der Waals surface area contributed by atoms with Crippen LogP contribution in [-0.4, -0.2) is 36.1 Å². The highest BCUT2D eigenvalue weighted by Gasteiger charge is 2.28. The van der Waals surface area contributed by atoms with Gasteiger partial charge < -0.3 is 10.0 Å². The number of hydrogen-bond donors (Lipinski definition) is 1. The Bertz CT molecular complexity index is 413. The molecule has 3 nitrogen and oxygen atoms in total. The predicted octanol–water partition coefficient (Wildman–Crippen LogP) is 2.58. The van der Waals surface area contributed by atoms with Crippen LogP contribution >= 0.6 is 0 Å². The van der Waals surface area contributed by atoms with Gasteiger partial charge in [-0.15, -0.1) is 0 Å². The second-order valence-electron chi connectivity index (χ2n) is 5.60. The van der Waals surface area contributed by atoms with Crippen LogP contribution in [0.4, 0.5) is 0 Å². The first-order chi connectivity index (χ1) is 8.33. The van der Waals surface area contributed by atoms with Crippen LogP contribution in [0.3, 0.4) is 0 Å². The van der Waals surface area contributed by atoms with Gasteiger partial charge in [-0.25, -0.2) is 0 Å². The predicted molar refractivity (Wildman–Crippen MR) is 73.8 cm³/mol. The number of aryl methyl sites for hydroxylation is 1. The fraction of sp³-hybridized carbons (Fsp3) is 0.533. The Labute approximate surface area is 109 Å². The van der Waals surface area contributed by atoms with Crippen molar-refractivity contribution in [3.8, 4) is 0 Å². The summed E-state index contributed by atoms with van der Waals surface area (Å²) in [6.45, 7) is 7.07. The molecule has 0 aliphatic heterocycles. The highest BCUT2D eigenvalue weighted by Crippen LogP contribution is 2.17. The van der Waals surface area contributed by atoms with Crippen LogP contribution in [0, 0.1) is 12.3 Å². The van der Waals surface area contributed by atoms with Gasteiger partial charge in [0.1, 0.15) is 0 Å². The number of nitrogens with zero attached hydrogens (tertiary/aromatic N) is 1. The molecule has 0 aliphatic carbocycles. The number of likely N-dealkylation sites (N-methyl/N-ethyl adjacent to an activating group) is 1. The zero-order chi connectivity index (χ0) is 13.8. The van der Waals surface area contributed by atoms with Crippen LogP contribution in [0.2, 0.25) is 0 Å². The second kappa shape index (κ2) is 6.01. The van der Waals surface area contributed by atoms with Crippen molar-refractivity contribution in [3.05, 3.63) is 35.4 Å². The van der Waals surface area contributed by atoms with Crippen molar-refractivity contribution in [1.29, 1.82) is 0 Å². The van der Waals surface area contributed by atoms with Gasteiger partial charge in [-0.1, -0.05) is 24.3 Å². The molecule has 0 saturated carbocycles. The van der Waals surface area contributed by atoms with Gasteiger partial charge in [0.15, 0.2) is 0 Å². The number of rotatable bonds is 6. The second-order valence-corrected chi connectivity index (χ2v) is 5.60. The van der Waals surface area contributed by atoms with Crippen LogP contribution in [0.1, 0.15) is 25.0 Å². The first kappa shape index (κ1) is 14.7. The Morgan fingerprint density at radius 2 is 1.94 bits per heavy atom. The minimum Gasteiger partial charge on any atom is -0.481 e. The SMILES string of the molecule is Cc1ccccc1CCN(C)CC(C)(C)C(=O)O. The van der Waals surface area contributed by atoms with Crippen LogP contribution in [0.15, 0.2) is 24.3 Å². The summed E-state index contributed by atoms with van der Waals surface area (Å²) in [4.78, 5) is 13.1. The number of carboxylic acids is 1. The Morgan fingerprint density at radius 3 is 2.50 bits per heavy atom.